The van der Waals surface area contributed by atoms with Crippen LogP contribution in [0.25, 0.3) is 0 Å². The number of ether oxygens (including phenoxy) is 1. The molecule has 1 aromatic heterocycles. The summed E-state index contributed by atoms with van der Waals surface area (Å²) in [7, 11) is 0. The molecule has 0 atom stereocenters. The van der Waals surface area contributed by atoms with Gasteiger partial charge >= 0.3 is 5.97 Å². The lowest BCUT2D eigenvalue weighted by atomic mass is 9.95. The number of hydrogen-bond donors (Lipinski definition) is 1. The minimum Gasteiger partial charge on any atom is -0.462 e. The third-order valence-corrected chi connectivity index (χ3v) is 5.27. The van der Waals surface area contributed by atoms with E-state index in [0.717, 1.165) is 31.2 Å². The Hall–Kier alpha value is -1.36. The van der Waals surface area contributed by atoms with Gasteiger partial charge in [0, 0.05) is 10.3 Å². The highest BCUT2D eigenvalue weighted by atomic mass is 32.1. The molecule has 128 valence electrons. The van der Waals surface area contributed by atoms with Crippen LogP contribution < -0.4 is 5.32 Å². The van der Waals surface area contributed by atoms with Crippen molar-refractivity contribution < 1.29 is 14.3 Å². The maximum absolute atomic E-state index is 12.5. The minimum absolute atomic E-state index is 0.0720. The Balaban J connectivity index is 2.41. The Morgan fingerprint density at radius 2 is 1.78 bits per heavy atom. The maximum Gasteiger partial charge on any atom is 0.341 e. The fraction of sp³-hybridized carbons (Fsp3) is 0.667. The van der Waals surface area contributed by atoms with Crippen LogP contribution >= 0.6 is 11.3 Å². The number of rotatable bonds is 3. The van der Waals surface area contributed by atoms with E-state index in [1.165, 1.54) is 17.7 Å². The van der Waals surface area contributed by atoms with Crippen molar-refractivity contribution in [2.24, 2.45) is 5.41 Å². The lowest BCUT2D eigenvalue weighted by Gasteiger charge is -2.17. The summed E-state index contributed by atoms with van der Waals surface area (Å²) in [6.45, 7) is 7.76. The molecule has 0 spiro atoms. The van der Waals surface area contributed by atoms with Gasteiger partial charge in [-0.2, -0.15) is 0 Å². The van der Waals surface area contributed by atoms with Crippen LogP contribution in [-0.4, -0.2) is 18.5 Å². The molecule has 1 aliphatic rings. The first-order valence-corrected chi connectivity index (χ1v) is 9.29. The molecular weight excluding hydrogens is 310 g/mol. The highest BCUT2D eigenvalue weighted by Gasteiger charge is 2.29. The molecule has 0 fully saturated rings. The predicted octanol–water partition coefficient (Wildman–Crippen LogP) is 4.57. The molecule has 0 aliphatic heterocycles. The van der Waals surface area contributed by atoms with Gasteiger partial charge in [-0.15, -0.1) is 11.3 Å². The summed E-state index contributed by atoms with van der Waals surface area (Å²) in [5, 5.41) is 3.63. The molecule has 0 saturated heterocycles. The van der Waals surface area contributed by atoms with Crippen LogP contribution in [0.4, 0.5) is 5.00 Å². The number of anilines is 1. The third-order valence-electron chi connectivity index (χ3n) is 4.06. The summed E-state index contributed by atoms with van der Waals surface area (Å²) >= 11 is 1.55. The van der Waals surface area contributed by atoms with Gasteiger partial charge in [0.2, 0.25) is 5.91 Å². The van der Waals surface area contributed by atoms with Gasteiger partial charge < -0.3 is 10.1 Å². The van der Waals surface area contributed by atoms with Crippen molar-refractivity contribution in [1.29, 1.82) is 0 Å². The fourth-order valence-electron chi connectivity index (χ4n) is 2.72. The summed E-state index contributed by atoms with van der Waals surface area (Å²) in [5.74, 6) is -0.382. The minimum atomic E-state index is -0.496. The van der Waals surface area contributed by atoms with Crippen molar-refractivity contribution in [3.8, 4) is 0 Å². The fourth-order valence-corrected chi connectivity index (χ4v) is 3.99. The number of carbonyl (C=O) groups is 2. The number of hydrogen-bond acceptors (Lipinski definition) is 4. The Labute approximate surface area is 142 Å². The van der Waals surface area contributed by atoms with E-state index >= 15 is 0 Å². The number of thiophene rings is 1. The van der Waals surface area contributed by atoms with Gasteiger partial charge in [-0.05, 0) is 38.2 Å². The molecule has 0 unspecified atom stereocenters. The smallest absolute Gasteiger partial charge is 0.341 e. The molecule has 0 bridgehead atoms. The van der Waals surface area contributed by atoms with E-state index in [1.54, 1.807) is 18.3 Å². The molecule has 2 rings (SSSR count). The molecular formula is C18H27NO3S. The molecule has 1 amide bonds. The van der Waals surface area contributed by atoms with Crippen LogP contribution in [0.5, 0.6) is 0 Å². The quantitative estimate of drug-likeness (QED) is 0.822. The van der Waals surface area contributed by atoms with E-state index in [9.17, 15) is 9.59 Å². The first kappa shape index (κ1) is 18.0. The summed E-state index contributed by atoms with van der Waals surface area (Å²) in [5.41, 5.74) is 1.19. The second kappa shape index (κ2) is 7.47. The van der Waals surface area contributed by atoms with Crippen molar-refractivity contribution in [2.45, 2.75) is 66.2 Å². The second-order valence-corrected chi connectivity index (χ2v) is 8.15. The van der Waals surface area contributed by atoms with E-state index in [0.29, 0.717) is 17.2 Å². The normalized spacial score (nSPS) is 15.3. The number of fused-ring (bicyclic) bond motifs is 1. The largest absolute Gasteiger partial charge is 0.462 e. The van der Waals surface area contributed by atoms with Crippen molar-refractivity contribution in [3.63, 3.8) is 0 Å². The van der Waals surface area contributed by atoms with Crippen LogP contribution in [0.1, 0.15) is 74.2 Å². The van der Waals surface area contributed by atoms with Crippen LogP contribution in [0.3, 0.4) is 0 Å². The number of esters is 1. The van der Waals surface area contributed by atoms with Gasteiger partial charge in [0.15, 0.2) is 0 Å². The lowest BCUT2D eigenvalue weighted by molar-refractivity contribution is -0.123. The monoisotopic (exact) mass is 337 g/mol. The molecule has 0 aromatic carbocycles. The lowest BCUT2D eigenvalue weighted by Crippen LogP contribution is -2.28. The Kier molecular flexibility index (Phi) is 5.84. The standard InChI is InChI=1S/C18H27NO3S/c1-5-22-16(20)14-12-10-8-6-7-9-11-13(12)23-15(14)19-17(21)18(2,3)4/h5-11H2,1-4H3,(H,19,21). The second-order valence-electron chi connectivity index (χ2n) is 7.05. The van der Waals surface area contributed by atoms with Gasteiger partial charge in [-0.3, -0.25) is 4.79 Å². The first-order valence-electron chi connectivity index (χ1n) is 8.47. The van der Waals surface area contributed by atoms with Crippen molar-refractivity contribution in [3.05, 3.63) is 16.0 Å². The van der Waals surface area contributed by atoms with Gasteiger partial charge in [-0.1, -0.05) is 33.6 Å². The maximum atomic E-state index is 12.5. The molecule has 1 heterocycles. The number of amides is 1. The molecule has 1 N–H and O–H groups in total. The molecule has 0 radical (unpaired) electrons. The van der Waals surface area contributed by atoms with Crippen LogP contribution in [0.2, 0.25) is 0 Å². The van der Waals surface area contributed by atoms with Crippen LogP contribution in [0.15, 0.2) is 0 Å². The topological polar surface area (TPSA) is 55.4 Å². The highest BCUT2D eigenvalue weighted by Crippen LogP contribution is 2.38. The van der Waals surface area contributed by atoms with Gasteiger partial charge in [-0.25, -0.2) is 4.79 Å². The zero-order valence-electron chi connectivity index (χ0n) is 14.6. The van der Waals surface area contributed by atoms with Crippen molar-refractivity contribution in [2.75, 3.05) is 11.9 Å². The predicted molar refractivity (Wildman–Crippen MR) is 94.2 cm³/mol. The van der Waals surface area contributed by atoms with E-state index in [-0.39, 0.29) is 11.9 Å². The first-order chi connectivity index (χ1) is 10.8. The highest BCUT2D eigenvalue weighted by molar-refractivity contribution is 7.17. The van der Waals surface area contributed by atoms with Gasteiger partial charge in [0.05, 0.1) is 12.2 Å². The summed E-state index contributed by atoms with van der Waals surface area (Å²) in [6, 6.07) is 0. The van der Waals surface area contributed by atoms with Crippen molar-refractivity contribution >= 4 is 28.2 Å². The average molecular weight is 337 g/mol. The van der Waals surface area contributed by atoms with E-state index in [2.05, 4.69) is 5.32 Å². The Morgan fingerprint density at radius 3 is 2.39 bits per heavy atom. The number of aryl methyl sites for hydroxylation is 1. The average Bonchev–Trinajstić information content (AvgIpc) is 2.75. The van der Waals surface area contributed by atoms with E-state index in [4.69, 9.17) is 4.74 Å². The summed E-state index contributed by atoms with van der Waals surface area (Å²) in [6.07, 6.45) is 6.53. The van der Waals surface area contributed by atoms with E-state index < -0.39 is 5.41 Å². The summed E-state index contributed by atoms with van der Waals surface area (Å²) < 4.78 is 5.25. The summed E-state index contributed by atoms with van der Waals surface area (Å²) in [4.78, 5) is 26.1. The zero-order chi connectivity index (χ0) is 17.0. The van der Waals surface area contributed by atoms with E-state index in [1.807, 2.05) is 20.8 Å². The molecule has 0 saturated carbocycles. The molecule has 1 aromatic rings. The third kappa shape index (κ3) is 4.34. The number of carbonyl (C=O) groups excluding carboxylic acids is 2. The zero-order valence-corrected chi connectivity index (χ0v) is 15.4. The molecule has 4 nitrogen and oxygen atoms in total. The molecule has 23 heavy (non-hydrogen) atoms. The van der Waals surface area contributed by atoms with Crippen molar-refractivity contribution in [1.82, 2.24) is 0 Å². The van der Waals surface area contributed by atoms with Gasteiger partial charge in [0.25, 0.3) is 0 Å². The Bertz CT molecular complexity index is 584. The van der Waals surface area contributed by atoms with Crippen LogP contribution in [-0.2, 0) is 22.4 Å². The molecule has 1 aliphatic carbocycles. The molecule has 5 heteroatoms. The SMILES string of the molecule is CCOC(=O)c1c(NC(=O)C(C)(C)C)sc2c1CCCCCC2. The van der Waals surface area contributed by atoms with Gasteiger partial charge in [0.1, 0.15) is 5.00 Å². The number of nitrogens with one attached hydrogen (secondary N) is 1. The van der Waals surface area contributed by atoms with Crippen LogP contribution in [0, 0.1) is 5.41 Å². The Morgan fingerprint density at radius 1 is 1.13 bits per heavy atom.